The predicted octanol–water partition coefficient (Wildman–Crippen LogP) is 4.06. The average Bonchev–Trinajstić information content (AvgIpc) is 3.13. The lowest BCUT2D eigenvalue weighted by molar-refractivity contribution is -0.858. The maximum Gasteiger partial charge on any atom is 0.219 e. The van der Waals surface area contributed by atoms with Crippen LogP contribution >= 0.6 is 0 Å². The summed E-state index contributed by atoms with van der Waals surface area (Å²) in [5.41, 5.74) is 0. The number of quaternary nitrogens is 1. The zero-order valence-electron chi connectivity index (χ0n) is 17.4. The molecule has 26 heavy (non-hydrogen) atoms. The molecule has 1 aliphatic rings. The molecule has 0 bridgehead atoms. The number of carbonyl (C=O) groups is 1. The zero-order valence-corrected chi connectivity index (χ0v) is 17.4. The van der Waals surface area contributed by atoms with Gasteiger partial charge in [-0.1, -0.05) is 43.6 Å². The van der Waals surface area contributed by atoms with Crippen molar-refractivity contribution < 1.29 is 9.69 Å². The van der Waals surface area contributed by atoms with Gasteiger partial charge in [-0.2, -0.15) is 0 Å². The molecule has 2 N–H and O–H groups in total. The lowest BCUT2D eigenvalue weighted by atomic mass is 10.00. The Bertz CT molecular complexity index is 401. The van der Waals surface area contributed by atoms with Crippen LogP contribution in [0.1, 0.15) is 83.5 Å². The minimum Gasteiger partial charge on any atom is -0.356 e. The summed E-state index contributed by atoms with van der Waals surface area (Å²) in [6, 6.07) is 0. The molecule has 1 rings (SSSR count). The fourth-order valence-corrected chi connectivity index (χ4v) is 3.50. The highest BCUT2D eigenvalue weighted by molar-refractivity contribution is 5.75. The van der Waals surface area contributed by atoms with E-state index in [4.69, 9.17) is 0 Å². The Morgan fingerprint density at radius 3 is 2.46 bits per heavy atom. The quantitative estimate of drug-likeness (QED) is 0.315. The molecule has 0 heterocycles. The summed E-state index contributed by atoms with van der Waals surface area (Å²) in [5.74, 6) is 1.10. The number of hydrogen-bond acceptors (Lipinski definition) is 1. The summed E-state index contributed by atoms with van der Waals surface area (Å²) in [6.45, 7) is 1.93. The second kappa shape index (κ2) is 16.1. The van der Waals surface area contributed by atoms with Gasteiger partial charge in [0.2, 0.25) is 5.91 Å². The average molecular weight is 364 g/mol. The minimum atomic E-state index is 0.218. The van der Waals surface area contributed by atoms with Crippen molar-refractivity contribution in [2.24, 2.45) is 5.92 Å². The first-order valence-corrected chi connectivity index (χ1v) is 11.1. The molecule has 1 atom stereocenters. The fraction of sp³-hybridized carbons (Fsp3) is 0.783. The van der Waals surface area contributed by atoms with Gasteiger partial charge in [0, 0.05) is 19.4 Å². The summed E-state index contributed by atoms with van der Waals surface area (Å²) in [7, 11) is 4.29. The van der Waals surface area contributed by atoms with Crippen molar-refractivity contribution >= 4 is 5.91 Å². The third-order valence-electron chi connectivity index (χ3n) is 5.18. The van der Waals surface area contributed by atoms with Gasteiger partial charge in [-0.3, -0.25) is 4.79 Å². The van der Waals surface area contributed by atoms with E-state index in [0.717, 1.165) is 44.7 Å². The Morgan fingerprint density at radius 1 is 1.04 bits per heavy atom. The number of allylic oxidation sites excluding steroid dienone is 4. The standard InChI is InChI=1S/C23H42N2O/c1-25(2)21-15-20-24-23(26)19-12-10-8-6-4-3-5-7-9-11-16-22-17-13-14-18-22/h4,6,13,17,22H,3,5,7-12,14-16,18-21H2,1-2H3,(H,24,26)/p+1/b6-4+. The highest BCUT2D eigenvalue weighted by atomic mass is 16.1. The normalized spacial score (nSPS) is 16.8. The molecule has 0 aromatic heterocycles. The van der Waals surface area contributed by atoms with E-state index < -0.39 is 0 Å². The third-order valence-corrected chi connectivity index (χ3v) is 5.18. The van der Waals surface area contributed by atoms with Crippen LogP contribution in [0.3, 0.4) is 0 Å². The van der Waals surface area contributed by atoms with E-state index in [2.05, 4.69) is 43.7 Å². The summed E-state index contributed by atoms with van der Waals surface area (Å²) in [4.78, 5) is 13.1. The predicted molar refractivity (Wildman–Crippen MR) is 112 cm³/mol. The molecule has 150 valence electrons. The third kappa shape index (κ3) is 14.1. The highest BCUT2D eigenvalue weighted by Crippen LogP contribution is 2.23. The lowest BCUT2D eigenvalue weighted by Crippen LogP contribution is -3.05. The first-order valence-electron chi connectivity index (χ1n) is 11.1. The molecule has 0 aromatic carbocycles. The van der Waals surface area contributed by atoms with E-state index in [0.29, 0.717) is 6.42 Å². The van der Waals surface area contributed by atoms with E-state index in [1.54, 1.807) is 0 Å². The second-order valence-corrected chi connectivity index (χ2v) is 8.13. The van der Waals surface area contributed by atoms with Gasteiger partial charge in [-0.05, 0) is 57.3 Å². The van der Waals surface area contributed by atoms with Crippen LogP contribution in [-0.4, -0.2) is 33.1 Å². The van der Waals surface area contributed by atoms with Gasteiger partial charge in [-0.15, -0.1) is 0 Å². The van der Waals surface area contributed by atoms with Crippen LogP contribution in [-0.2, 0) is 4.79 Å². The van der Waals surface area contributed by atoms with Gasteiger partial charge in [0.1, 0.15) is 0 Å². The number of amides is 1. The van der Waals surface area contributed by atoms with Gasteiger partial charge in [0.05, 0.1) is 20.6 Å². The van der Waals surface area contributed by atoms with E-state index in [9.17, 15) is 4.79 Å². The number of hydrogen-bond donors (Lipinski definition) is 2. The van der Waals surface area contributed by atoms with Crippen LogP contribution in [0.25, 0.3) is 0 Å². The van der Waals surface area contributed by atoms with Gasteiger partial charge in [-0.25, -0.2) is 0 Å². The van der Waals surface area contributed by atoms with Crippen LogP contribution in [0, 0.1) is 5.92 Å². The number of rotatable bonds is 16. The molecule has 1 amide bonds. The van der Waals surface area contributed by atoms with Crippen molar-refractivity contribution in [1.29, 1.82) is 0 Å². The van der Waals surface area contributed by atoms with Gasteiger partial charge in [0.25, 0.3) is 0 Å². The van der Waals surface area contributed by atoms with Crippen LogP contribution in [0.2, 0.25) is 0 Å². The maximum absolute atomic E-state index is 11.7. The maximum atomic E-state index is 11.7. The van der Waals surface area contributed by atoms with Crippen LogP contribution in [0.5, 0.6) is 0 Å². The summed E-state index contributed by atoms with van der Waals surface area (Å²) < 4.78 is 0. The summed E-state index contributed by atoms with van der Waals surface area (Å²) >= 11 is 0. The molecule has 0 fully saturated rings. The minimum absolute atomic E-state index is 0.218. The molecule has 0 aromatic rings. The number of unbranched alkanes of at least 4 members (excludes halogenated alkanes) is 6. The first-order chi connectivity index (χ1) is 12.7. The van der Waals surface area contributed by atoms with Gasteiger partial charge < -0.3 is 10.2 Å². The van der Waals surface area contributed by atoms with Crippen molar-refractivity contribution in [3.05, 3.63) is 24.3 Å². The molecule has 0 radical (unpaired) electrons. The van der Waals surface area contributed by atoms with E-state index in [-0.39, 0.29) is 5.91 Å². The van der Waals surface area contributed by atoms with Gasteiger partial charge in [0.15, 0.2) is 0 Å². The zero-order chi connectivity index (χ0) is 18.9. The van der Waals surface area contributed by atoms with Crippen LogP contribution in [0.15, 0.2) is 24.3 Å². The van der Waals surface area contributed by atoms with Crippen molar-refractivity contribution in [3.8, 4) is 0 Å². The Kier molecular flexibility index (Phi) is 14.2. The molecular weight excluding hydrogens is 320 g/mol. The smallest absolute Gasteiger partial charge is 0.219 e. The van der Waals surface area contributed by atoms with Crippen molar-refractivity contribution in [2.45, 2.75) is 83.5 Å². The largest absolute Gasteiger partial charge is 0.356 e. The van der Waals surface area contributed by atoms with Crippen molar-refractivity contribution in [3.63, 3.8) is 0 Å². The molecule has 0 aliphatic heterocycles. The van der Waals surface area contributed by atoms with Crippen LogP contribution in [0.4, 0.5) is 0 Å². The topological polar surface area (TPSA) is 33.5 Å². The number of carbonyl (C=O) groups excluding carboxylic acids is 1. The van der Waals surface area contributed by atoms with Crippen LogP contribution < -0.4 is 10.2 Å². The van der Waals surface area contributed by atoms with E-state index >= 15 is 0 Å². The summed E-state index contributed by atoms with van der Waals surface area (Å²) in [5, 5.41) is 3.02. The van der Waals surface area contributed by atoms with E-state index in [1.807, 2.05) is 0 Å². The first kappa shape index (κ1) is 23.0. The molecule has 0 saturated heterocycles. The van der Waals surface area contributed by atoms with Crippen molar-refractivity contribution in [1.82, 2.24) is 5.32 Å². The Hall–Kier alpha value is -1.09. The second-order valence-electron chi connectivity index (χ2n) is 8.13. The molecule has 0 saturated carbocycles. The van der Waals surface area contributed by atoms with Crippen molar-refractivity contribution in [2.75, 3.05) is 27.2 Å². The molecule has 3 nitrogen and oxygen atoms in total. The van der Waals surface area contributed by atoms with E-state index in [1.165, 1.54) is 56.3 Å². The Balaban J connectivity index is 1.78. The molecule has 0 spiro atoms. The highest BCUT2D eigenvalue weighted by Gasteiger charge is 2.07. The molecule has 1 unspecified atom stereocenters. The number of nitrogens with one attached hydrogen (secondary N) is 2. The fourth-order valence-electron chi connectivity index (χ4n) is 3.50. The Morgan fingerprint density at radius 2 is 1.77 bits per heavy atom. The molecular formula is C23H43N2O+. The lowest BCUT2D eigenvalue weighted by Gasteiger charge is -2.07. The molecule has 3 heteroatoms. The summed E-state index contributed by atoms with van der Waals surface area (Å²) in [6.07, 6.45) is 25.2. The monoisotopic (exact) mass is 363 g/mol. The van der Waals surface area contributed by atoms with Gasteiger partial charge >= 0.3 is 0 Å². The SMILES string of the molecule is C[NH+](C)CCCNC(=O)CCCC/C=C/CCCCCCC1C=CCC1. The molecule has 1 aliphatic carbocycles. The Labute approximate surface area is 162 Å².